The molecule has 0 fully saturated rings. The van der Waals surface area contributed by atoms with E-state index in [1.165, 1.54) is 18.2 Å². The van der Waals surface area contributed by atoms with Crippen LogP contribution in [0, 0.1) is 0 Å². The summed E-state index contributed by atoms with van der Waals surface area (Å²) in [7, 11) is -2.79. The summed E-state index contributed by atoms with van der Waals surface area (Å²) >= 11 is 5.74. The molecule has 0 heterocycles. The lowest BCUT2D eigenvalue weighted by Crippen LogP contribution is -2.37. The summed E-state index contributed by atoms with van der Waals surface area (Å²) in [5.74, 6) is -0.920. The minimum atomic E-state index is -3.88. The first-order valence-electron chi connectivity index (χ1n) is 4.88. The zero-order chi connectivity index (χ0) is 13.8. The van der Waals surface area contributed by atoms with Crippen molar-refractivity contribution >= 4 is 27.6 Å². The van der Waals surface area contributed by atoms with E-state index in [1.54, 1.807) is 6.07 Å². The molecule has 6 nitrogen and oxygen atoms in total. The molecule has 100 valence electrons. The number of aliphatic hydroxyl groups is 1. The second kappa shape index (κ2) is 6.14. The summed E-state index contributed by atoms with van der Waals surface area (Å²) in [5.41, 5.74) is 0. The fourth-order valence-electron chi connectivity index (χ4n) is 1.15. The third-order valence-corrected chi connectivity index (χ3v) is 3.99. The third-order valence-electron chi connectivity index (χ3n) is 2.07. The predicted octanol–water partition coefficient (Wildman–Crippen LogP) is 0.152. The number of hydrogen-bond acceptors (Lipinski definition) is 5. The number of carbonyl (C=O) groups excluding carboxylic acids is 1. The van der Waals surface area contributed by atoms with E-state index < -0.39 is 28.6 Å². The van der Waals surface area contributed by atoms with Gasteiger partial charge in [0, 0.05) is 6.54 Å². The standard InChI is InChI=1S/C10H12ClNO5S/c1-17-10(14)8(13)6-12-18(15,16)9-5-3-2-4-7(9)11/h2-5,8,12-13H,6H2,1H3. The van der Waals surface area contributed by atoms with Gasteiger partial charge in [-0.15, -0.1) is 0 Å². The number of carbonyl (C=O) groups is 1. The van der Waals surface area contributed by atoms with E-state index in [0.717, 1.165) is 7.11 Å². The van der Waals surface area contributed by atoms with E-state index in [9.17, 15) is 18.3 Å². The van der Waals surface area contributed by atoms with Gasteiger partial charge in [-0.3, -0.25) is 0 Å². The number of hydrogen-bond donors (Lipinski definition) is 2. The van der Waals surface area contributed by atoms with Crippen LogP contribution < -0.4 is 4.72 Å². The second-order valence-corrected chi connectivity index (χ2v) is 5.46. The Morgan fingerprint density at radius 3 is 2.67 bits per heavy atom. The van der Waals surface area contributed by atoms with Crippen LogP contribution >= 0.6 is 11.6 Å². The van der Waals surface area contributed by atoms with E-state index in [-0.39, 0.29) is 9.92 Å². The van der Waals surface area contributed by atoms with Crippen molar-refractivity contribution in [1.29, 1.82) is 0 Å². The summed E-state index contributed by atoms with van der Waals surface area (Å²) in [5, 5.41) is 9.32. The van der Waals surface area contributed by atoms with E-state index >= 15 is 0 Å². The molecular formula is C10H12ClNO5S. The van der Waals surface area contributed by atoms with Gasteiger partial charge in [0.2, 0.25) is 10.0 Å². The number of ether oxygens (including phenoxy) is 1. The second-order valence-electron chi connectivity index (χ2n) is 3.32. The lowest BCUT2D eigenvalue weighted by molar-refractivity contribution is -0.149. The number of benzene rings is 1. The smallest absolute Gasteiger partial charge is 0.336 e. The molecule has 0 radical (unpaired) electrons. The molecule has 18 heavy (non-hydrogen) atoms. The molecule has 0 bridgehead atoms. The molecule has 0 aromatic heterocycles. The molecule has 2 N–H and O–H groups in total. The van der Waals surface area contributed by atoms with Gasteiger partial charge in [0.25, 0.3) is 0 Å². The molecular weight excluding hydrogens is 282 g/mol. The van der Waals surface area contributed by atoms with Gasteiger partial charge < -0.3 is 9.84 Å². The Balaban J connectivity index is 2.78. The molecule has 1 aromatic carbocycles. The van der Waals surface area contributed by atoms with Crippen molar-refractivity contribution in [2.24, 2.45) is 0 Å². The molecule has 0 aliphatic rings. The monoisotopic (exact) mass is 293 g/mol. The van der Waals surface area contributed by atoms with E-state index in [0.29, 0.717) is 0 Å². The summed E-state index contributed by atoms with van der Waals surface area (Å²) < 4.78 is 29.9. The van der Waals surface area contributed by atoms with E-state index in [2.05, 4.69) is 9.46 Å². The summed E-state index contributed by atoms with van der Waals surface area (Å²) in [6.07, 6.45) is -1.56. The highest BCUT2D eigenvalue weighted by molar-refractivity contribution is 7.89. The number of esters is 1. The van der Waals surface area contributed by atoms with Crippen molar-refractivity contribution in [2.45, 2.75) is 11.0 Å². The average molecular weight is 294 g/mol. The Hall–Kier alpha value is -1.15. The lowest BCUT2D eigenvalue weighted by Gasteiger charge is -2.11. The number of aliphatic hydroxyl groups excluding tert-OH is 1. The van der Waals surface area contributed by atoms with Crippen LogP contribution in [-0.4, -0.2) is 39.3 Å². The lowest BCUT2D eigenvalue weighted by atomic mass is 10.4. The number of methoxy groups -OCH3 is 1. The molecule has 8 heteroatoms. The fourth-order valence-corrected chi connectivity index (χ4v) is 2.70. The van der Waals surface area contributed by atoms with E-state index in [1.807, 2.05) is 0 Å². The fraction of sp³-hybridized carbons (Fsp3) is 0.300. The van der Waals surface area contributed by atoms with Crippen LogP contribution in [0.1, 0.15) is 0 Å². The van der Waals surface area contributed by atoms with Gasteiger partial charge in [-0.05, 0) is 12.1 Å². The predicted molar refractivity (Wildman–Crippen MR) is 64.7 cm³/mol. The van der Waals surface area contributed by atoms with Gasteiger partial charge in [-0.2, -0.15) is 0 Å². The topological polar surface area (TPSA) is 92.7 Å². The van der Waals surface area contributed by atoms with Crippen molar-refractivity contribution < 1.29 is 23.1 Å². The molecule has 0 amide bonds. The molecule has 1 rings (SSSR count). The van der Waals surface area contributed by atoms with Gasteiger partial charge in [0.1, 0.15) is 4.90 Å². The van der Waals surface area contributed by atoms with Gasteiger partial charge >= 0.3 is 5.97 Å². The summed E-state index contributed by atoms with van der Waals surface area (Å²) in [4.78, 5) is 10.8. The molecule has 1 atom stereocenters. The number of nitrogens with one attached hydrogen (secondary N) is 1. The molecule has 0 saturated heterocycles. The Kier molecular flexibility index (Phi) is 5.09. The Labute approximate surface area is 110 Å². The van der Waals surface area contributed by atoms with E-state index in [4.69, 9.17) is 11.6 Å². The highest BCUT2D eigenvalue weighted by Gasteiger charge is 2.21. The quantitative estimate of drug-likeness (QED) is 0.754. The maximum absolute atomic E-state index is 11.8. The number of halogens is 1. The molecule has 1 aromatic rings. The van der Waals surface area contributed by atoms with Crippen molar-refractivity contribution in [3.8, 4) is 0 Å². The van der Waals surface area contributed by atoms with Gasteiger partial charge in [-0.1, -0.05) is 23.7 Å². The maximum atomic E-state index is 11.8. The van der Waals surface area contributed by atoms with Gasteiger partial charge in [0.15, 0.2) is 6.10 Å². The SMILES string of the molecule is COC(=O)C(O)CNS(=O)(=O)c1ccccc1Cl. The zero-order valence-electron chi connectivity index (χ0n) is 9.46. The highest BCUT2D eigenvalue weighted by atomic mass is 35.5. The normalized spacial score (nSPS) is 13.1. The minimum Gasteiger partial charge on any atom is -0.467 e. The summed E-state index contributed by atoms with van der Waals surface area (Å²) in [6.45, 7) is -0.486. The zero-order valence-corrected chi connectivity index (χ0v) is 11.0. The Bertz CT molecular complexity index is 531. The van der Waals surface area contributed by atoms with Gasteiger partial charge in [0.05, 0.1) is 12.1 Å². The largest absolute Gasteiger partial charge is 0.467 e. The molecule has 0 spiro atoms. The molecule has 1 unspecified atom stereocenters. The molecule has 0 aliphatic carbocycles. The Morgan fingerprint density at radius 1 is 1.50 bits per heavy atom. The first kappa shape index (κ1) is 14.9. The molecule has 0 aliphatic heterocycles. The van der Waals surface area contributed by atoms with Crippen molar-refractivity contribution in [3.63, 3.8) is 0 Å². The number of rotatable bonds is 5. The van der Waals surface area contributed by atoms with Crippen LogP contribution in [0.15, 0.2) is 29.2 Å². The van der Waals surface area contributed by atoms with Crippen LogP contribution in [0.25, 0.3) is 0 Å². The Morgan fingerprint density at radius 2 is 2.11 bits per heavy atom. The number of sulfonamides is 1. The van der Waals surface area contributed by atoms with Crippen molar-refractivity contribution in [3.05, 3.63) is 29.3 Å². The first-order valence-corrected chi connectivity index (χ1v) is 6.74. The van der Waals surface area contributed by atoms with Crippen LogP contribution in [0.4, 0.5) is 0 Å². The third kappa shape index (κ3) is 3.67. The maximum Gasteiger partial charge on any atom is 0.336 e. The van der Waals surface area contributed by atoms with Gasteiger partial charge in [-0.25, -0.2) is 17.9 Å². The minimum absolute atomic E-state index is 0.0533. The van der Waals surface area contributed by atoms with Crippen LogP contribution in [0.2, 0.25) is 5.02 Å². The summed E-state index contributed by atoms with van der Waals surface area (Å²) in [6, 6.07) is 5.84. The van der Waals surface area contributed by atoms with Crippen molar-refractivity contribution in [2.75, 3.05) is 13.7 Å². The van der Waals surface area contributed by atoms with Crippen LogP contribution in [0.5, 0.6) is 0 Å². The van der Waals surface area contributed by atoms with Crippen LogP contribution in [0.3, 0.4) is 0 Å². The first-order chi connectivity index (χ1) is 8.38. The average Bonchev–Trinajstić information content (AvgIpc) is 2.35. The molecule has 0 saturated carbocycles. The van der Waals surface area contributed by atoms with Crippen molar-refractivity contribution in [1.82, 2.24) is 4.72 Å². The highest BCUT2D eigenvalue weighted by Crippen LogP contribution is 2.19. The van der Waals surface area contributed by atoms with Crippen LogP contribution in [-0.2, 0) is 19.6 Å².